The van der Waals surface area contributed by atoms with Crippen LogP contribution in [0.5, 0.6) is 5.75 Å². The second kappa shape index (κ2) is 9.26. The lowest BCUT2D eigenvalue weighted by Crippen LogP contribution is -2.41. The minimum Gasteiger partial charge on any atom is -0.445 e. The molecule has 0 N–H and O–H groups in total. The van der Waals surface area contributed by atoms with E-state index in [0.29, 0.717) is 42.8 Å². The molecule has 0 aliphatic carbocycles. The first-order valence-corrected chi connectivity index (χ1v) is 10.6. The normalized spacial score (nSPS) is 14.4. The van der Waals surface area contributed by atoms with Crippen LogP contribution in [0.2, 0.25) is 0 Å². The van der Waals surface area contributed by atoms with Crippen molar-refractivity contribution in [2.75, 3.05) is 13.1 Å². The second-order valence-corrected chi connectivity index (χ2v) is 8.02. The monoisotopic (exact) mass is 435 g/mol. The highest BCUT2D eigenvalue weighted by Gasteiger charge is 2.29. The Morgan fingerprint density at radius 1 is 1.03 bits per heavy atom. The Morgan fingerprint density at radius 3 is 2.47 bits per heavy atom. The molecule has 1 fully saturated rings. The van der Waals surface area contributed by atoms with E-state index in [2.05, 4.69) is 0 Å². The van der Waals surface area contributed by atoms with Crippen molar-refractivity contribution in [2.24, 2.45) is 5.92 Å². The van der Waals surface area contributed by atoms with Gasteiger partial charge in [0.25, 0.3) is 0 Å². The average molecular weight is 435 g/mol. The molecule has 3 aromatic rings. The lowest BCUT2D eigenvalue weighted by molar-refractivity contribution is -0.140. The highest BCUT2D eigenvalue weighted by atomic mass is 16.6. The standard InChI is InChI=1S/C25H25NO6/c1-16-17(2)23(27)32-22-14-20(8-9-21(16)22)31-24(28)19-10-12-26(13-11-19)25(29)30-15-18-6-4-3-5-7-18/h3-9,14,19H,10-13,15H2,1-2H3. The molecule has 0 bridgehead atoms. The van der Waals surface area contributed by atoms with Crippen molar-refractivity contribution in [1.82, 2.24) is 4.90 Å². The van der Waals surface area contributed by atoms with Gasteiger partial charge in [-0.25, -0.2) is 9.59 Å². The Labute approximate surface area is 185 Å². The smallest absolute Gasteiger partial charge is 0.410 e. The highest BCUT2D eigenvalue weighted by molar-refractivity contribution is 5.83. The third-order valence-electron chi connectivity index (χ3n) is 5.94. The third-order valence-corrected chi connectivity index (χ3v) is 5.94. The molecule has 1 amide bonds. The van der Waals surface area contributed by atoms with Crippen LogP contribution in [-0.4, -0.2) is 30.1 Å². The van der Waals surface area contributed by atoms with E-state index in [1.165, 1.54) is 0 Å². The molecule has 7 nitrogen and oxygen atoms in total. The summed E-state index contributed by atoms with van der Waals surface area (Å²) in [4.78, 5) is 38.5. The number of carbonyl (C=O) groups is 2. The van der Waals surface area contributed by atoms with E-state index >= 15 is 0 Å². The lowest BCUT2D eigenvalue weighted by atomic mass is 9.97. The van der Waals surface area contributed by atoms with Gasteiger partial charge in [-0.3, -0.25) is 4.79 Å². The van der Waals surface area contributed by atoms with Gasteiger partial charge in [-0.05, 0) is 49.9 Å². The van der Waals surface area contributed by atoms with E-state index < -0.39 is 5.63 Å². The molecule has 0 radical (unpaired) electrons. The third kappa shape index (κ3) is 4.66. The van der Waals surface area contributed by atoms with Crippen LogP contribution >= 0.6 is 0 Å². The van der Waals surface area contributed by atoms with Gasteiger partial charge in [0.2, 0.25) is 0 Å². The van der Waals surface area contributed by atoms with E-state index in [-0.39, 0.29) is 24.6 Å². The number of esters is 1. The zero-order chi connectivity index (χ0) is 22.7. The summed E-state index contributed by atoms with van der Waals surface area (Å²) in [7, 11) is 0. The number of rotatable bonds is 4. The number of fused-ring (bicyclic) bond motifs is 1. The van der Waals surface area contributed by atoms with E-state index in [1.54, 1.807) is 30.0 Å². The lowest BCUT2D eigenvalue weighted by Gasteiger charge is -2.30. The molecule has 0 atom stereocenters. The predicted molar refractivity (Wildman–Crippen MR) is 119 cm³/mol. The fourth-order valence-electron chi connectivity index (χ4n) is 3.80. The Bertz CT molecular complexity index is 1190. The molecule has 7 heteroatoms. The van der Waals surface area contributed by atoms with Crippen molar-refractivity contribution < 1.29 is 23.5 Å². The topological polar surface area (TPSA) is 86.1 Å². The van der Waals surface area contributed by atoms with Crippen LogP contribution in [0.3, 0.4) is 0 Å². The Hall–Kier alpha value is -3.61. The number of aryl methyl sites for hydroxylation is 1. The molecule has 1 aliphatic rings. The number of amides is 1. The molecular formula is C25H25NO6. The summed E-state index contributed by atoms with van der Waals surface area (Å²) >= 11 is 0. The summed E-state index contributed by atoms with van der Waals surface area (Å²) in [6.07, 6.45) is 0.622. The number of carbonyl (C=O) groups excluding carboxylic acids is 2. The first kappa shape index (κ1) is 21.6. The van der Waals surface area contributed by atoms with Crippen LogP contribution in [0.15, 0.2) is 57.7 Å². The van der Waals surface area contributed by atoms with Crippen LogP contribution in [0.1, 0.15) is 29.5 Å². The van der Waals surface area contributed by atoms with Gasteiger partial charge in [0.15, 0.2) is 0 Å². The van der Waals surface area contributed by atoms with Crippen LogP contribution in [0.4, 0.5) is 4.79 Å². The second-order valence-electron chi connectivity index (χ2n) is 8.02. The van der Waals surface area contributed by atoms with Gasteiger partial charge in [-0.2, -0.15) is 0 Å². The summed E-state index contributed by atoms with van der Waals surface area (Å²) in [5.74, 6) is -0.331. The molecule has 32 heavy (non-hydrogen) atoms. The summed E-state index contributed by atoms with van der Waals surface area (Å²) in [5.41, 5.74) is 2.33. The van der Waals surface area contributed by atoms with Gasteiger partial charge in [0.05, 0.1) is 5.92 Å². The van der Waals surface area contributed by atoms with Crippen LogP contribution < -0.4 is 10.4 Å². The van der Waals surface area contributed by atoms with Gasteiger partial charge in [0.1, 0.15) is 17.9 Å². The molecule has 0 unspecified atom stereocenters. The first-order valence-electron chi connectivity index (χ1n) is 10.6. The average Bonchev–Trinajstić information content (AvgIpc) is 2.81. The van der Waals surface area contributed by atoms with E-state index in [9.17, 15) is 14.4 Å². The van der Waals surface area contributed by atoms with Gasteiger partial charge in [-0.1, -0.05) is 30.3 Å². The van der Waals surface area contributed by atoms with Crippen LogP contribution in [0.25, 0.3) is 11.0 Å². The molecule has 1 aromatic heterocycles. The minimum absolute atomic E-state index is 0.221. The highest BCUT2D eigenvalue weighted by Crippen LogP contribution is 2.26. The summed E-state index contributed by atoms with van der Waals surface area (Å²) in [5, 5.41) is 0.809. The number of likely N-dealkylation sites (tertiary alicyclic amines) is 1. The molecule has 166 valence electrons. The largest absolute Gasteiger partial charge is 0.445 e. The fraction of sp³-hybridized carbons (Fsp3) is 0.320. The maximum absolute atomic E-state index is 12.6. The van der Waals surface area contributed by atoms with Crippen molar-refractivity contribution in [2.45, 2.75) is 33.3 Å². The van der Waals surface area contributed by atoms with Gasteiger partial charge < -0.3 is 18.8 Å². The molecule has 4 rings (SSSR count). The van der Waals surface area contributed by atoms with Crippen LogP contribution in [0, 0.1) is 19.8 Å². The Balaban J connectivity index is 1.32. The number of benzene rings is 2. The minimum atomic E-state index is -0.398. The van der Waals surface area contributed by atoms with Crippen molar-refractivity contribution >= 4 is 23.0 Å². The predicted octanol–water partition coefficient (Wildman–Crippen LogP) is 4.36. The van der Waals surface area contributed by atoms with Crippen molar-refractivity contribution in [3.63, 3.8) is 0 Å². The van der Waals surface area contributed by atoms with Gasteiger partial charge >= 0.3 is 17.7 Å². The number of ether oxygens (including phenoxy) is 2. The van der Waals surface area contributed by atoms with Crippen molar-refractivity contribution in [3.8, 4) is 5.75 Å². The Morgan fingerprint density at radius 2 is 1.75 bits per heavy atom. The van der Waals surface area contributed by atoms with Crippen molar-refractivity contribution in [3.05, 3.63) is 75.6 Å². The number of hydrogen-bond acceptors (Lipinski definition) is 6. The summed E-state index contributed by atoms with van der Waals surface area (Å²) in [6.45, 7) is 4.66. The fourth-order valence-corrected chi connectivity index (χ4v) is 3.80. The SMILES string of the molecule is Cc1c(C)c2ccc(OC(=O)C3CCN(C(=O)OCc4ccccc4)CC3)cc2oc1=O. The van der Waals surface area contributed by atoms with Gasteiger partial charge in [-0.15, -0.1) is 0 Å². The molecule has 0 spiro atoms. The summed E-state index contributed by atoms with van der Waals surface area (Å²) in [6, 6.07) is 14.5. The van der Waals surface area contributed by atoms with E-state index in [1.807, 2.05) is 37.3 Å². The van der Waals surface area contributed by atoms with Crippen LogP contribution in [-0.2, 0) is 16.1 Å². The molecule has 1 aliphatic heterocycles. The first-order chi connectivity index (χ1) is 15.4. The maximum Gasteiger partial charge on any atom is 0.410 e. The zero-order valence-electron chi connectivity index (χ0n) is 18.1. The Kier molecular flexibility index (Phi) is 6.25. The molecule has 2 heterocycles. The number of nitrogens with zero attached hydrogens (tertiary/aromatic N) is 1. The summed E-state index contributed by atoms with van der Waals surface area (Å²) < 4.78 is 16.2. The van der Waals surface area contributed by atoms with E-state index in [0.717, 1.165) is 16.5 Å². The molecule has 0 saturated carbocycles. The number of piperidine rings is 1. The zero-order valence-corrected chi connectivity index (χ0v) is 18.1. The quantitative estimate of drug-likeness (QED) is 0.344. The molecule has 2 aromatic carbocycles. The number of hydrogen-bond donors (Lipinski definition) is 0. The van der Waals surface area contributed by atoms with E-state index in [4.69, 9.17) is 13.9 Å². The molecule has 1 saturated heterocycles. The maximum atomic E-state index is 12.6. The van der Waals surface area contributed by atoms with Crippen molar-refractivity contribution in [1.29, 1.82) is 0 Å². The van der Waals surface area contributed by atoms with Gasteiger partial charge in [0, 0.05) is 30.1 Å². The molecular weight excluding hydrogens is 410 g/mol.